The SMILES string of the molecule is COc1ccsc1C(=O)NC1CCCCCC1CO. The molecule has 1 amide bonds. The molecule has 1 aromatic rings. The molecule has 2 rings (SSSR count). The lowest BCUT2D eigenvalue weighted by Gasteiger charge is -2.24. The van der Waals surface area contributed by atoms with Gasteiger partial charge in [0.05, 0.1) is 7.11 Å². The van der Waals surface area contributed by atoms with E-state index in [1.165, 1.54) is 17.8 Å². The summed E-state index contributed by atoms with van der Waals surface area (Å²) in [5.41, 5.74) is 0. The van der Waals surface area contributed by atoms with Gasteiger partial charge in [-0.1, -0.05) is 19.3 Å². The van der Waals surface area contributed by atoms with Crippen LogP contribution >= 0.6 is 11.3 Å². The Hall–Kier alpha value is -1.07. The van der Waals surface area contributed by atoms with Crippen molar-refractivity contribution in [3.63, 3.8) is 0 Å². The van der Waals surface area contributed by atoms with E-state index in [0.29, 0.717) is 10.6 Å². The fourth-order valence-electron chi connectivity index (χ4n) is 2.65. The summed E-state index contributed by atoms with van der Waals surface area (Å²) in [5.74, 6) is 0.714. The van der Waals surface area contributed by atoms with E-state index >= 15 is 0 Å². The van der Waals surface area contributed by atoms with Crippen LogP contribution < -0.4 is 10.1 Å². The van der Waals surface area contributed by atoms with E-state index in [2.05, 4.69) is 5.32 Å². The highest BCUT2D eigenvalue weighted by molar-refractivity contribution is 7.12. The van der Waals surface area contributed by atoms with E-state index in [1.54, 1.807) is 13.2 Å². The summed E-state index contributed by atoms with van der Waals surface area (Å²) in [4.78, 5) is 12.9. The van der Waals surface area contributed by atoms with Crippen molar-refractivity contribution < 1.29 is 14.6 Å². The van der Waals surface area contributed by atoms with Crippen LogP contribution in [0.3, 0.4) is 0 Å². The molecule has 19 heavy (non-hydrogen) atoms. The maximum Gasteiger partial charge on any atom is 0.265 e. The molecule has 1 heterocycles. The van der Waals surface area contributed by atoms with Crippen molar-refractivity contribution in [2.24, 2.45) is 5.92 Å². The molecule has 4 nitrogen and oxygen atoms in total. The van der Waals surface area contributed by atoms with Gasteiger partial charge in [0.25, 0.3) is 5.91 Å². The van der Waals surface area contributed by atoms with Gasteiger partial charge in [-0.3, -0.25) is 4.79 Å². The minimum Gasteiger partial charge on any atom is -0.495 e. The quantitative estimate of drug-likeness (QED) is 0.834. The zero-order valence-electron chi connectivity index (χ0n) is 11.2. The van der Waals surface area contributed by atoms with E-state index in [1.807, 2.05) is 5.38 Å². The second kappa shape index (κ2) is 6.91. The van der Waals surface area contributed by atoms with Crippen LogP contribution in [0.15, 0.2) is 11.4 Å². The highest BCUT2D eigenvalue weighted by Gasteiger charge is 2.26. The molecule has 1 aliphatic carbocycles. The van der Waals surface area contributed by atoms with Crippen LogP contribution in [-0.4, -0.2) is 30.8 Å². The number of hydrogen-bond donors (Lipinski definition) is 2. The number of aliphatic hydroxyl groups is 1. The fourth-order valence-corrected chi connectivity index (χ4v) is 3.41. The first-order chi connectivity index (χ1) is 9.26. The van der Waals surface area contributed by atoms with E-state index in [9.17, 15) is 9.90 Å². The summed E-state index contributed by atoms with van der Waals surface area (Å²) < 4.78 is 5.17. The van der Waals surface area contributed by atoms with Gasteiger partial charge in [-0.15, -0.1) is 11.3 Å². The van der Waals surface area contributed by atoms with Crippen molar-refractivity contribution in [1.29, 1.82) is 0 Å². The number of hydrogen-bond acceptors (Lipinski definition) is 4. The number of methoxy groups -OCH3 is 1. The van der Waals surface area contributed by atoms with E-state index in [4.69, 9.17) is 4.74 Å². The molecule has 106 valence electrons. The highest BCUT2D eigenvalue weighted by atomic mass is 32.1. The minimum absolute atomic E-state index is 0.0757. The Balaban J connectivity index is 2.04. The fraction of sp³-hybridized carbons (Fsp3) is 0.643. The van der Waals surface area contributed by atoms with Gasteiger partial charge in [0.2, 0.25) is 0 Å². The van der Waals surface area contributed by atoms with Gasteiger partial charge in [0, 0.05) is 18.6 Å². The summed E-state index contributed by atoms with van der Waals surface area (Å²) >= 11 is 1.39. The third-order valence-electron chi connectivity index (χ3n) is 3.77. The highest BCUT2D eigenvalue weighted by Crippen LogP contribution is 2.27. The number of aliphatic hydroxyl groups excluding tert-OH is 1. The van der Waals surface area contributed by atoms with Crippen LogP contribution in [0.1, 0.15) is 41.8 Å². The van der Waals surface area contributed by atoms with Crippen LogP contribution in [0.2, 0.25) is 0 Å². The smallest absolute Gasteiger partial charge is 0.265 e. The lowest BCUT2D eigenvalue weighted by molar-refractivity contribution is 0.0901. The van der Waals surface area contributed by atoms with Gasteiger partial charge in [-0.25, -0.2) is 0 Å². The monoisotopic (exact) mass is 283 g/mol. The summed E-state index contributed by atoms with van der Waals surface area (Å²) in [6, 6.07) is 1.88. The lowest BCUT2D eigenvalue weighted by atomic mass is 9.95. The average molecular weight is 283 g/mol. The number of amides is 1. The van der Waals surface area contributed by atoms with Crippen LogP contribution in [0.25, 0.3) is 0 Å². The van der Waals surface area contributed by atoms with Crippen molar-refractivity contribution in [3.05, 3.63) is 16.3 Å². The Kier molecular flexibility index (Phi) is 5.22. The molecule has 1 saturated carbocycles. The molecule has 2 unspecified atom stereocenters. The normalized spacial score (nSPS) is 23.7. The largest absolute Gasteiger partial charge is 0.495 e. The molecule has 1 aliphatic rings. The topological polar surface area (TPSA) is 58.6 Å². The van der Waals surface area contributed by atoms with Crippen LogP contribution in [-0.2, 0) is 0 Å². The Morgan fingerprint density at radius 2 is 2.26 bits per heavy atom. The minimum atomic E-state index is -0.0859. The zero-order chi connectivity index (χ0) is 13.7. The molecule has 2 N–H and O–H groups in total. The van der Waals surface area contributed by atoms with Crippen molar-refractivity contribution in [3.8, 4) is 5.75 Å². The molecule has 0 saturated heterocycles. The summed E-state index contributed by atoms with van der Waals surface area (Å²) in [7, 11) is 1.57. The summed E-state index contributed by atoms with van der Waals surface area (Å²) in [6.07, 6.45) is 5.38. The molecule has 0 aromatic carbocycles. The molecule has 1 aromatic heterocycles. The molecule has 0 radical (unpaired) electrons. The third-order valence-corrected chi connectivity index (χ3v) is 4.66. The van der Waals surface area contributed by atoms with Crippen LogP contribution in [0, 0.1) is 5.92 Å². The third kappa shape index (κ3) is 3.48. The van der Waals surface area contributed by atoms with Gasteiger partial charge >= 0.3 is 0 Å². The van der Waals surface area contributed by atoms with E-state index in [-0.39, 0.29) is 24.5 Å². The molecule has 0 aliphatic heterocycles. The molecule has 5 heteroatoms. The van der Waals surface area contributed by atoms with E-state index < -0.39 is 0 Å². The van der Waals surface area contributed by atoms with Crippen LogP contribution in [0.5, 0.6) is 5.75 Å². The Labute approximate surface area is 117 Å². The first-order valence-corrected chi connectivity index (χ1v) is 7.67. The number of nitrogens with one attached hydrogen (secondary N) is 1. The van der Waals surface area contributed by atoms with Crippen molar-refractivity contribution in [2.45, 2.75) is 38.1 Å². The van der Waals surface area contributed by atoms with Gasteiger partial charge in [0.1, 0.15) is 10.6 Å². The van der Waals surface area contributed by atoms with Crippen LogP contribution in [0.4, 0.5) is 0 Å². The van der Waals surface area contributed by atoms with Gasteiger partial charge in [0.15, 0.2) is 0 Å². The standard InChI is InChI=1S/C14H21NO3S/c1-18-12-7-8-19-13(12)14(17)15-11-6-4-2-3-5-10(11)9-16/h7-8,10-11,16H,2-6,9H2,1H3,(H,15,17). The van der Waals surface area contributed by atoms with Gasteiger partial charge in [-0.2, -0.15) is 0 Å². The molecular weight excluding hydrogens is 262 g/mol. The lowest BCUT2D eigenvalue weighted by Crippen LogP contribution is -2.41. The molecule has 0 bridgehead atoms. The average Bonchev–Trinajstić information content (AvgIpc) is 2.79. The number of carbonyl (C=O) groups is 1. The first-order valence-electron chi connectivity index (χ1n) is 6.79. The Morgan fingerprint density at radius 1 is 1.47 bits per heavy atom. The van der Waals surface area contributed by atoms with Crippen molar-refractivity contribution in [1.82, 2.24) is 5.32 Å². The second-order valence-corrected chi connectivity index (χ2v) is 5.89. The summed E-state index contributed by atoms with van der Waals surface area (Å²) in [6.45, 7) is 0.145. The van der Waals surface area contributed by atoms with Gasteiger partial charge < -0.3 is 15.2 Å². The number of carbonyl (C=O) groups excluding carboxylic acids is 1. The maximum absolute atomic E-state index is 12.3. The molecule has 2 atom stereocenters. The van der Waals surface area contributed by atoms with Crippen molar-refractivity contribution in [2.75, 3.05) is 13.7 Å². The van der Waals surface area contributed by atoms with E-state index in [0.717, 1.165) is 25.7 Å². The Morgan fingerprint density at radius 3 is 3.00 bits per heavy atom. The predicted octanol–water partition coefficient (Wildman–Crippen LogP) is 2.43. The number of ether oxygens (including phenoxy) is 1. The van der Waals surface area contributed by atoms with Crippen molar-refractivity contribution >= 4 is 17.2 Å². The second-order valence-electron chi connectivity index (χ2n) is 4.98. The number of thiophene rings is 1. The summed E-state index contributed by atoms with van der Waals surface area (Å²) in [5, 5.41) is 14.4. The first kappa shape index (κ1) is 14.3. The molecular formula is C14H21NO3S. The zero-order valence-corrected chi connectivity index (χ0v) is 12.0. The molecule has 0 spiro atoms. The maximum atomic E-state index is 12.3. The van der Waals surface area contributed by atoms with Gasteiger partial charge in [-0.05, 0) is 24.3 Å². The predicted molar refractivity (Wildman–Crippen MR) is 75.8 cm³/mol. The number of rotatable bonds is 4. The Bertz CT molecular complexity index is 419. The molecule has 1 fully saturated rings.